The van der Waals surface area contributed by atoms with E-state index >= 15 is 0 Å². The Hall–Kier alpha value is -2.82. The molecule has 0 atom stereocenters. The quantitative estimate of drug-likeness (QED) is 0.176. The second-order valence-corrected chi connectivity index (χ2v) is 7.12. The van der Waals surface area contributed by atoms with E-state index in [1.807, 2.05) is 12.1 Å². The summed E-state index contributed by atoms with van der Waals surface area (Å²) < 4.78 is 45.8. The molecule has 3 rings (SSSR count). The Kier molecular flexibility index (Phi) is 6.91. The van der Waals surface area contributed by atoms with Crippen molar-refractivity contribution in [1.29, 1.82) is 0 Å². The summed E-state index contributed by atoms with van der Waals surface area (Å²) >= 11 is 0. The van der Waals surface area contributed by atoms with Crippen molar-refractivity contribution in [2.24, 2.45) is 0 Å². The molecule has 2 nitrogen and oxygen atoms in total. The number of esters is 1. The van der Waals surface area contributed by atoms with Crippen LogP contribution in [0.4, 0.5) is 13.2 Å². The van der Waals surface area contributed by atoms with Gasteiger partial charge in [-0.15, -0.1) is 0 Å². The van der Waals surface area contributed by atoms with Crippen molar-refractivity contribution in [2.45, 2.75) is 45.4 Å². The highest BCUT2D eigenvalue weighted by atomic mass is 19.2. The highest BCUT2D eigenvalue weighted by Gasteiger charge is 2.15. The summed E-state index contributed by atoms with van der Waals surface area (Å²) in [5.74, 6) is -4.51. The van der Waals surface area contributed by atoms with Crippen LogP contribution in [0.5, 0.6) is 5.75 Å². The number of aryl methyl sites for hydroxylation is 1. The summed E-state index contributed by atoms with van der Waals surface area (Å²) in [7, 11) is 0. The van der Waals surface area contributed by atoms with Gasteiger partial charge in [0.05, 0.1) is 5.56 Å². The van der Waals surface area contributed by atoms with Crippen molar-refractivity contribution < 1.29 is 22.7 Å². The van der Waals surface area contributed by atoms with Crippen LogP contribution >= 0.6 is 0 Å². The topological polar surface area (TPSA) is 26.3 Å². The van der Waals surface area contributed by atoms with Crippen molar-refractivity contribution in [3.63, 3.8) is 0 Å². The number of carbonyl (C=O) groups is 1. The van der Waals surface area contributed by atoms with Gasteiger partial charge in [0.15, 0.2) is 17.5 Å². The van der Waals surface area contributed by atoms with Crippen LogP contribution in [0.2, 0.25) is 0 Å². The molecule has 5 heteroatoms. The molecule has 0 N–H and O–H groups in total. The van der Waals surface area contributed by atoms with Crippen LogP contribution in [0, 0.1) is 17.5 Å². The van der Waals surface area contributed by atoms with Crippen molar-refractivity contribution in [3.8, 4) is 5.75 Å². The minimum Gasteiger partial charge on any atom is -0.423 e. The van der Waals surface area contributed by atoms with Crippen molar-refractivity contribution in [3.05, 3.63) is 77.1 Å². The normalized spacial score (nSPS) is 11.0. The zero-order chi connectivity index (χ0) is 20.8. The van der Waals surface area contributed by atoms with Crippen LogP contribution in [0.15, 0.2) is 48.5 Å². The van der Waals surface area contributed by atoms with E-state index in [9.17, 15) is 18.0 Å². The zero-order valence-electron chi connectivity index (χ0n) is 16.3. The Morgan fingerprint density at radius 1 is 0.862 bits per heavy atom. The molecule has 0 saturated heterocycles. The maximum absolute atomic E-state index is 13.8. The molecule has 0 aromatic heterocycles. The number of hydrogen-bond donors (Lipinski definition) is 0. The second-order valence-electron chi connectivity index (χ2n) is 7.12. The molecule has 0 aliphatic rings. The first-order chi connectivity index (χ1) is 14.0. The molecule has 0 radical (unpaired) electrons. The van der Waals surface area contributed by atoms with E-state index in [2.05, 4.69) is 6.92 Å². The fourth-order valence-electron chi connectivity index (χ4n) is 3.25. The summed E-state index contributed by atoms with van der Waals surface area (Å²) in [4.78, 5) is 12.4. The summed E-state index contributed by atoms with van der Waals surface area (Å²) in [5, 5.41) is 0.0390. The molecule has 3 aromatic carbocycles. The molecule has 0 spiro atoms. The molecular weight excluding hydrogens is 377 g/mol. The van der Waals surface area contributed by atoms with Gasteiger partial charge < -0.3 is 4.74 Å². The Balaban J connectivity index is 1.64. The Labute approximate surface area is 168 Å². The third kappa shape index (κ3) is 5.17. The van der Waals surface area contributed by atoms with Gasteiger partial charge in [0, 0.05) is 5.39 Å². The second kappa shape index (κ2) is 9.59. The molecule has 0 bridgehead atoms. The molecule has 0 amide bonds. The van der Waals surface area contributed by atoms with Crippen molar-refractivity contribution in [1.82, 2.24) is 0 Å². The SMILES string of the molecule is CCCCCCCc1ccc(C(=O)Oc2ccc3c(F)c(F)c(F)cc3c2)cc1. The number of unbranched alkanes of at least 4 members (excludes halogenated alkanes) is 4. The van der Waals surface area contributed by atoms with E-state index in [0.29, 0.717) is 5.56 Å². The summed E-state index contributed by atoms with van der Waals surface area (Å²) in [6.45, 7) is 2.19. The number of benzene rings is 3. The molecule has 0 heterocycles. The van der Waals surface area contributed by atoms with Crippen LogP contribution in [0.25, 0.3) is 10.8 Å². The van der Waals surface area contributed by atoms with Gasteiger partial charge in [0.1, 0.15) is 5.75 Å². The van der Waals surface area contributed by atoms with Crippen LogP contribution < -0.4 is 4.74 Å². The van der Waals surface area contributed by atoms with Crippen LogP contribution in [-0.2, 0) is 6.42 Å². The minimum absolute atomic E-state index is 0.0769. The molecule has 0 aliphatic heterocycles. The average Bonchev–Trinajstić information content (AvgIpc) is 2.72. The van der Waals surface area contributed by atoms with Gasteiger partial charge in [0.2, 0.25) is 0 Å². The highest BCUT2D eigenvalue weighted by Crippen LogP contribution is 2.27. The molecule has 3 aromatic rings. The maximum atomic E-state index is 13.8. The van der Waals surface area contributed by atoms with Crippen LogP contribution in [-0.4, -0.2) is 5.97 Å². The Bertz CT molecular complexity index is 997. The summed E-state index contributed by atoms with van der Waals surface area (Å²) in [6, 6.07) is 12.0. The van der Waals surface area contributed by atoms with E-state index in [1.54, 1.807) is 12.1 Å². The van der Waals surface area contributed by atoms with Crippen LogP contribution in [0.1, 0.15) is 54.9 Å². The first-order valence-electron chi connectivity index (χ1n) is 9.88. The molecular formula is C24H23F3O2. The lowest BCUT2D eigenvalue weighted by Crippen LogP contribution is -2.08. The minimum atomic E-state index is -1.52. The summed E-state index contributed by atoms with van der Waals surface area (Å²) in [6.07, 6.45) is 7.01. The summed E-state index contributed by atoms with van der Waals surface area (Å²) in [5.41, 5.74) is 1.55. The average molecular weight is 400 g/mol. The van der Waals surface area contributed by atoms with Gasteiger partial charge in [-0.25, -0.2) is 18.0 Å². The molecule has 0 fully saturated rings. The molecule has 0 saturated carbocycles. The van der Waals surface area contributed by atoms with Crippen LogP contribution in [0.3, 0.4) is 0 Å². The maximum Gasteiger partial charge on any atom is 0.343 e. The van der Waals surface area contributed by atoms with Gasteiger partial charge in [-0.1, -0.05) is 44.7 Å². The van der Waals surface area contributed by atoms with E-state index in [1.165, 1.54) is 43.9 Å². The zero-order valence-corrected chi connectivity index (χ0v) is 16.3. The molecule has 29 heavy (non-hydrogen) atoms. The smallest absolute Gasteiger partial charge is 0.343 e. The Morgan fingerprint density at radius 3 is 2.31 bits per heavy atom. The predicted molar refractivity (Wildman–Crippen MR) is 108 cm³/mol. The number of fused-ring (bicyclic) bond motifs is 1. The van der Waals surface area contributed by atoms with Crippen molar-refractivity contribution in [2.75, 3.05) is 0 Å². The number of halogens is 3. The van der Waals surface area contributed by atoms with Gasteiger partial charge >= 0.3 is 5.97 Å². The standard InChI is InChI=1S/C24H23F3O2/c1-2-3-4-5-6-7-16-8-10-17(11-9-16)24(28)29-19-12-13-20-18(14-19)15-21(25)23(27)22(20)26/h8-15H,2-7H2,1H3. The van der Waals surface area contributed by atoms with Gasteiger partial charge in [-0.2, -0.15) is 0 Å². The number of carbonyl (C=O) groups excluding carboxylic acids is 1. The monoisotopic (exact) mass is 400 g/mol. The third-order valence-electron chi connectivity index (χ3n) is 4.91. The third-order valence-corrected chi connectivity index (χ3v) is 4.91. The largest absolute Gasteiger partial charge is 0.423 e. The predicted octanol–water partition coefficient (Wildman–Crippen LogP) is 6.99. The lowest BCUT2D eigenvalue weighted by Gasteiger charge is -2.08. The number of rotatable bonds is 8. The lowest BCUT2D eigenvalue weighted by atomic mass is 10.0. The van der Waals surface area contributed by atoms with Gasteiger partial charge in [-0.3, -0.25) is 0 Å². The lowest BCUT2D eigenvalue weighted by molar-refractivity contribution is 0.0735. The molecule has 0 unspecified atom stereocenters. The Morgan fingerprint density at radius 2 is 1.59 bits per heavy atom. The van der Waals surface area contributed by atoms with Crippen molar-refractivity contribution >= 4 is 16.7 Å². The fraction of sp³-hybridized carbons (Fsp3) is 0.292. The first kappa shape index (κ1) is 20.9. The number of hydrogen-bond acceptors (Lipinski definition) is 2. The van der Waals surface area contributed by atoms with E-state index in [4.69, 9.17) is 4.74 Å². The first-order valence-corrected chi connectivity index (χ1v) is 9.88. The fourth-order valence-corrected chi connectivity index (χ4v) is 3.25. The number of ether oxygens (including phenoxy) is 1. The molecule has 152 valence electrons. The highest BCUT2D eigenvalue weighted by molar-refractivity contribution is 5.92. The van der Waals surface area contributed by atoms with Gasteiger partial charge in [-0.05, 0) is 60.2 Å². The molecule has 0 aliphatic carbocycles. The van der Waals surface area contributed by atoms with E-state index < -0.39 is 23.4 Å². The van der Waals surface area contributed by atoms with E-state index in [0.717, 1.165) is 24.5 Å². The van der Waals surface area contributed by atoms with E-state index in [-0.39, 0.29) is 16.5 Å². The van der Waals surface area contributed by atoms with Gasteiger partial charge in [0.25, 0.3) is 0 Å².